The maximum absolute atomic E-state index is 14.9. The van der Waals surface area contributed by atoms with Gasteiger partial charge in [0.2, 0.25) is 0 Å². The lowest BCUT2D eigenvalue weighted by Crippen LogP contribution is -2.32. The molecule has 0 bridgehead atoms. The highest BCUT2D eigenvalue weighted by Crippen LogP contribution is 2.44. The fourth-order valence-corrected chi connectivity index (χ4v) is 4.07. The van der Waals surface area contributed by atoms with Gasteiger partial charge in [-0.2, -0.15) is 0 Å². The summed E-state index contributed by atoms with van der Waals surface area (Å²) in [5.74, 6) is -3.30. The second-order valence-corrected chi connectivity index (χ2v) is 8.26. The quantitative estimate of drug-likeness (QED) is 0.339. The maximum atomic E-state index is 14.9. The molecule has 0 aliphatic carbocycles. The average molecular weight is 492 g/mol. The normalized spacial score (nSPS) is 16.1. The number of carbonyl (C=O) groups excluding carboxylic acids is 2. The van der Waals surface area contributed by atoms with Crippen LogP contribution in [-0.2, 0) is 4.79 Å². The largest absolute Gasteiger partial charge is 0.503 e. The molecule has 1 aliphatic rings. The summed E-state index contributed by atoms with van der Waals surface area (Å²) in [6.07, 6.45) is 0. The molecule has 32 heavy (non-hydrogen) atoms. The monoisotopic (exact) mass is 490 g/mol. The van der Waals surface area contributed by atoms with Crippen LogP contribution in [-0.4, -0.2) is 16.8 Å². The van der Waals surface area contributed by atoms with Crippen molar-refractivity contribution in [3.63, 3.8) is 0 Å². The molecule has 0 radical (unpaired) electrons. The third-order valence-corrected chi connectivity index (χ3v) is 6.08. The lowest BCUT2D eigenvalue weighted by atomic mass is 9.92. The van der Waals surface area contributed by atoms with Crippen molar-refractivity contribution in [1.82, 2.24) is 0 Å². The van der Waals surface area contributed by atoms with Crippen LogP contribution < -0.4 is 10.6 Å². The number of halogens is 4. The highest BCUT2D eigenvalue weighted by atomic mass is 35.5. The number of ketones is 1. The molecular formula is C23H14Cl3FN2O3. The van der Waals surface area contributed by atoms with E-state index >= 15 is 0 Å². The van der Waals surface area contributed by atoms with Crippen molar-refractivity contribution >= 4 is 57.9 Å². The van der Waals surface area contributed by atoms with Crippen LogP contribution in [0.3, 0.4) is 0 Å². The molecule has 1 aliphatic heterocycles. The summed E-state index contributed by atoms with van der Waals surface area (Å²) in [7, 11) is 0. The van der Waals surface area contributed by atoms with Gasteiger partial charge in [0.05, 0.1) is 32.4 Å². The van der Waals surface area contributed by atoms with Crippen LogP contribution in [0, 0.1) is 5.82 Å². The second kappa shape index (κ2) is 8.47. The van der Waals surface area contributed by atoms with Gasteiger partial charge in [0.1, 0.15) is 0 Å². The van der Waals surface area contributed by atoms with Gasteiger partial charge < -0.3 is 10.8 Å². The number of rotatable bonds is 4. The topological polar surface area (TPSA) is 83.6 Å². The smallest absolute Gasteiger partial charge is 0.294 e. The molecule has 0 fully saturated rings. The summed E-state index contributed by atoms with van der Waals surface area (Å²) in [6, 6.07) is 13.4. The average Bonchev–Trinajstić information content (AvgIpc) is 3.02. The Bertz CT molecular complexity index is 1310. The first kappa shape index (κ1) is 22.1. The molecule has 0 saturated carbocycles. The summed E-state index contributed by atoms with van der Waals surface area (Å²) in [5.41, 5.74) is 6.14. The van der Waals surface area contributed by atoms with Gasteiger partial charge in [-0.1, -0.05) is 59.1 Å². The van der Waals surface area contributed by atoms with Crippen molar-refractivity contribution < 1.29 is 19.1 Å². The third kappa shape index (κ3) is 3.71. The van der Waals surface area contributed by atoms with E-state index in [9.17, 15) is 19.1 Å². The minimum atomic E-state index is -1.20. The Morgan fingerprint density at radius 3 is 2.38 bits per heavy atom. The van der Waals surface area contributed by atoms with Crippen LogP contribution in [0.2, 0.25) is 15.1 Å². The van der Waals surface area contributed by atoms with E-state index in [1.165, 1.54) is 48.5 Å². The summed E-state index contributed by atoms with van der Waals surface area (Å²) >= 11 is 18.1. The zero-order valence-corrected chi connectivity index (χ0v) is 18.4. The molecule has 0 aromatic heterocycles. The zero-order valence-electron chi connectivity index (χ0n) is 16.2. The van der Waals surface area contributed by atoms with E-state index in [-0.39, 0.29) is 31.9 Å². The van der Waals surface area contributed by atoms with Gasteiger partial charge in [-0.25, -0.2) is 4.39 Å². The number of nitrogens with zero attached hydrogens (tertiary/aromatic N) is 1. The van der Waals surface area contributed by atoms with Crippen molar-refractivity contribution in [3.05, 3.63) is 104 Å². The first-order chi connectivity index (χ1) is 15.2. The van der Waals surface area contributed by atoms with Gasteiger partial charge >= 0.3 is 0 Å². The molecule has 5 nitrogen and oxygen atoms in total. The van der Waals surface area contributed by atoms with E-state index < -0.39 is 29.3 Å². The number of hydrogen-bond acceptors (Lipinski definition) is 4. The molecule has 1 heterocycles. The van der Waals surface area contributed by atoms with Crippen LogP contribution >= 0.6 is 34.8 Å². The van der Waals surface area contributed by atoms with E-state index in [1.807, 2.05) is 0 Å². The number of nitrogens with two attached hydrogens (primary N) is 1. The predicted octanol–water partition coefficient (Wildman–Crippen LogP) is 6.15. The molecule has 3 aromatic carbocycles. The summed E-state index contributed by atoms with van der Waals surface area (Å²) in [6.45, 7) is 0. The first-order valence-corrected chi connectivity index (χ1v) is 10.4. The first-order valence-electron chi connectivity index (χ1n) is 9.26. The Balaban J connectivity index is 1.94. The number of benzene rings is 3. The number of aliphatic hydroxyl groups excluding tert-OH is 1. The molecule has 3 N–H and O–H groups in total. The van der Waals surface area contributed by atoms with Crippen LogP contribution in [0.25, 0.3) is 0 Å². The number of Topliss-reactive ketones (excluding diaryl/α,β-unsaturated/α-hetero) is 1. The van der Waals surface area contributed by atoms with E-state index in [1.54, 1.807) is 12.1 Å². The van der Waals surface area contributed by atoms with Crippen LogP contribution in [0.15, 0.2) is 72.0 Å². The molecule has 9 heteroatoms. The third-order valence-electron chi connectivity index (χ3n) is 5.05. The summed E-state index contributed by atoms with van der Waals surface area (Å²) in [4.78, 5) is 27.4. The molecule has 1 unspecified atom stereocenters. The Labute approximate surface area is 197 Å². The van der Waals surface area contributed by atoms with Crippen molar-refractivity contribution in [2.45, 2.75) is 6.04 Å². The van der Waals surface area contributed by atoms with Gasteiger partial charge in [0.25, 0.3) is 5.91 Å². The van der Waals surface area contributed by atoms with Crippen LogP contribution in [0.5, 0.6) is 0 Å². The fraction of sp³-hybridized carbons (Fsp3) is 0.0435. The van der Waals surface area contributed by atoms with E-state index in [2.05, 4.69) is 0 Å². The highest BCUT2D eigenvalue weighted by Gasteiger charge is 2.45. The number of aliphatic hydroxyl groups is 1. The van der Waals surface area contributed by atoms with Gasteiger partial charge in [0.15, 0.2) is 17.4 Å². The number of carbonyl (C=O) groups is 2. The lowest BCUT2D eigenvalue weighted by Gasteiger charge is -2.27. The lowest BCUT2D eigenvalue weighted by molar-refractivity contribution is -0.117. The minimum Gasteiger partial charge on any atom is -0.503 e. The fourth-order valence-electron chi connectivity index (χ4n) is 3.60. The van der Waals surface area contributed by atoms with E-state index in [0.29, 0.717) is 11.3 Å². The molecular weight excluding hydrogens is 478 g/mol. The Kier molecular flexibility index (Phi) is 5.86. The van der Waals surface area contributed by atoms with Crippen LogP contribution in [0.1, 0.15) is 22.0 Å². The second-order valence-electron chi connectivity index (χ2n) is 7.04. The molecule has 1 amide bonds. The summed E-state index contributed by atoms with van der Waals surface area (Å²) in [5, 5.41) is 10.9. The molecule has 3 aromatic rings. The maximum Gasteiger partial charge on any atom is 0.294 e. The Morgan fingerprint density at radius 2 is 1.69 bits per heavy atom. The minimum absolute atomic E-state index is 0.151. The number of amides is 1. The van der Waals surface area contributed by atoms with Crippen LogP contribution in [0.4, 0.5) is 15.8 Å². The van der Waals surface area contributed by atoms with Gasteiger partial charge in [-0.05, 0) is 42.0 Å². The molecule has 0 saturated heterocycles. The van der Waals surface area contributed by atoms with Crippen molar-refractivity contribution in [2.24, 2.45) is 0 Å². The van der Waals surface area contributed by atoms with Gasteiger partial charge in [0, 0.05) is 11.3 Å². The Hall–Kier alpha value is -3.06. The van der Waals surface area contributed by atoms with Crippen molar-refractivity contribution in [3.8, 4) is 0 Å². The van der Waals surface area contributed by atoms with Crippen molar-refractivity contribution in [1.29, 1.82) is 0 Å². The molecule has 0 spiro atoms. The van der Waals surface area contributed by atoms with E-state index in [0.717, 1.165) is 4.90 Å². The van der Waals surface area contributed by atoms with Crippen molar-refractivity contribution in [2.75, 3.05) is 10.6 Å². The molecule has 162 valence electrons. The zero-order chi connectivity index (χ0) is 23.2. The van der Waals surface area contributed by atoms with Gasteiger partial charge in [-0.15, -0.1) is 0 Å². The number of anilines is 2. The SMILES string of the molecule is Nc1cccc(C(=O)C2=C(O)C(=O)N(c3cccc(Cl)c3F)C2c2ccc(Cl)c(Cl)c2)c1. The number of hydrogen-bond donors (Lipinski definition) is 2. The van der Waals surface area contributed by atoms with Gasteiger partial charge in [-0.3, -0.25) is 14.5 Å². The highest BCUT2D eigenvalue weighted by molar-refractivity contribution is 6.42. The standard InChI is InChI=1S/C23H14Cl3FN2O3/c24-14-8-7-11(10-16(14)26)20-18(21(30)12-3-1-4-13(28)9-12)22(31)23(32)29(20)17-6-2-5-15(25)19(17)27/h1-10,20,31H,28H2. The summed E-state index contributed by atoms with van der Waals surface area (Å²) < 4.78 is 14.9. The molecule has 1 atom stereocenters. The van der Waals surface area contributed by atoms with E-state index in [4.69, 9.17) is 40.5 Å². The molecule has 4 rings (SSSR count). The number of nitrogen functional groups attached to an aromatic ring is 1. The predicted molar refractivity (Wildman–Crippen MR) is 123 cm³/mol. The Morgan fingerprint density at radius 1 is 0.969 bits per heavy atom.